The first-order chi connectivity index (χ1) is 12.2. The number of methoxy groups -OCH3 is 2. The second-order valence-electron chi connectivity index (χ2n) is 6.02. The Bertz CT molecular complexity index is 755. The van der Waals surface area contributed by atoms with Crippen molar-refractivity contribution in [3.8, 4) is 17.2 Å². The van der Waals surface area contributed by atoms with Gasteiger partial charge in [-0.1, -0.05) is 19.1 Å². The Balaban J connectivity index is 1.96. The molecule has 1 heterocycles. The topological polar surface area (TPSA) is 56.8 Å². The lowest BCUT2D eigenvalue weighted by Crippen LogP contribution is -2.23. The van der Waals surface area contributed by atoms with E-state index in [-0.39, 0.29) is 11.8 Å². The van der Waals surface area contributed by atoms with Gasteiger partial charge in [0, 0.05) is 24.1 Å². The number of amides is 1. The van der Waals surface area contributed by atoms with Crippen LogP contribution in [0.25, 0.3) is 0 Å². The molecule has 0 radical (unpaired) electrons. The molecule has 1 aliphatic rings. The van der Waals surface area contributed by atoms with Crippen LogP contribution in [-0.2, 0) is 4.79 Å². The standard InChI is InChI=1S/C20H23NO4/c1-4-9-25-14-7-5-13(6-8-14)15-11-20(22)21-17-12-19(24-3)18(23-2)10-16(15)17/h5-8,10,12,15H,4,9,11H2,1-3H3,(H,21,22)/t15-/m1/s1. The number of benzene rings is 2. The van der Waals surface area contributed by atoms with Crippen molar-refractivity contribution in [2.75, 3.05) is 26.1 Å². The van der Waals surface area contributed by atoms with E-state index >= 15 is 0 Å². The lowest BCUT2D eigenvalue weighted by atomic mass is 9.84. The van der Waals surface area contributed by atoms with Crippen molar-refractivity contribution in [3.05, 3.63) is 47.5 Å². The van der Waals surface area contributed by atoms with E-state index in [1.807, 2.05) is 36.4 Å². The average molecular weight is 341 g/mol. The Labute approximate surface area is 147 Å². The van der Waals surface area contributed by atoms with Crippen molar-refractivity contribution in [2.24, 2.45) is 0 Å². The molecule has 3 rings (SSSR count). The molecule has 5 nitrogen and oxygen atoms in total. The van der Waals surface area contributed by atoms with Gasteiger partial charge in [0.15, 0.2) is 11.5 Å². The Morgan fingerprint density at radius 3 is 2.40 bits per heavy atom. The maximum atomic E-state index is 12.2. The molecule has 0 saturated heterocycles. The summed E-state index contributed by atoms with van der Waals surface area (Å²) >= 11 is 0. The quantitative estimate of drug-likeness (QED) is 0.864. The van der Waals surface area contributed by atoms with Crippen LogP contribution in [0, 0.1) is 0 Å². The molecular weight excluding hydrogens is 318 g/mol. The molecule has 2 aromatic carbocycles. The van der Waals surface area contributed by atoms with E-state index in [1.165, 1.54) is 0 Å². The zero-order valence-electron chi connectivity index (χ0n) is 14.8. The van der Waals surface area contributed by atoms with E-state index in [0.717, 1.165) is 29.0 Å². The summed E-state index contributed by atoms with van der Waals surface area (Å²) < 4.78 is 16.4. The van der Waals surface area contributed by atoms with Gasteiger partial charge < -0.3 is 19.5 Å². The number of ether oxygens (including phenoxy) is 3. The van der Waals surface area contributed by atoms with Gasteiger partial charge in [0.2, 0.25) is 5.91 Å². The Hall–Kier alpha value is -2.69. The summed E-state index contributed by atoms with van der Waals surface area (Å²) in [5.74, 6) is 2.08. The first-order valence-electron chi connectivity index (χ1n) is 8.44. The number of nitrogens with one attached hydrogen (secondary N) is 1. The van der Waals surface area contributed by atoms with E-state index in [0.29, 0.717) is 24.5 Å². The Kier molecular flexibility index (Phi) is 5.12. The lowest BCUT2D eigenvalue weighted by Gasteiger charge is -2.27. The molecule has 0 saturated carbocycles. The third-order valence-corrected chi connectivity index (χ3v) is 4.35. The van der Waals surface area contributed by atoms with Gasteiger partial charge >= 0.3 is 0 Å². The van der Waals surface area contributed by atoms with Gasteiger partial charge in [-0.05, 0) is 35.7 Å². The first-order valence-corrected chi connectivity index (χ1v) is 8.44. The zero-order chi connectivity index (χ0) is 17.8. The van der Waals surface area contributed by atoms with Crippen LogP contribution < -0.4 is 19.5 Å². The number of anilines is 1. The van der Waals surface area contributed by atoms with Crippen molar-refractivity contribution in [1.29, 1.82) is 0 Å². The number of carbonyl (C=O) groups excluding carboxylic acids is 1. The highest BCUT2D eigenvalue weighted by atomic mass is 16.5. The van der Waals surface area contributed by atoms with Gasteiger partial charge in [-0.3, -0.25) is 4.79 Å². The minimum atomic E-state index is -0.0243. The van der Waals surface area contributed by atoms with Gasteiger partial charge in [-0.15, -0.1) is 0 Å². The SMILES string of the molecule is CCCOc1ccc([C@H]2CC(=O)Nc3cc(OC)c(OC)cc32)cc1. The number of hydrogen-bond donors (Lipinski definition) is 1. The summed E-state index contributed by atoms with van der Waals surface area (Å²) in [4.78, 5) is 12.2. The average Bonchev–Trinajstić information content (AvgIpc) is 2.65. The van der Waals surface area contributed by atoms with Crippen LogP contribution in [0.1, 0.15) is 36.8 Å². The molecule has 1 N–H and O–H groups in total. The second-order valence-corrected chi connectivity index (χ2v) is 6.02. The highest BCUT2D eigenvalue weighted by Crippen LogP contribution is 2.43. The Morgan fingerprint density at radius 1 is 1.08 bits per heavy atom. The molecule has 1 atom stereocenters. The van der Waals surface area contributed by atoms with Crippen LogP contribution >= 0.6 is 0 Å². The summed E-state index contributed by atoms with van der Waals surface area (Å²) in [5, 5.41) is 2.93. The second kappa shape index (κ2) is 7.47. The van der Waals surface area contributed by atoms with E-state index in [1.54, 1.807) is 14.2 Å². The summed E-state index contributed by atoms with van der Waals surface area (Å²) in [6.07, 6.45) is 1.37. The molecule has 5 heteroatoms. The molecule has 0 spiro atoms. The van der Waals surface area contributed by atoms with E-state index in [9.17, 15) is 4.79 Å². The van der Waals surface area contributed by atoms with Crippen molar-refractivity contribution in [3.63, 3.8) is 0 Å². The maximum absolute atomic E-state index is 12.2. The first kappa shape index (κ1) is 17.1. The van der Waals surface area contributed by atoms with Crippen LogP contribution in [0.4, 0.5) is 5.69 Å². The molecule has 1 amide bonds. The molecule has 0 fully saturated rings. The molecule has 2 aromatic rings. The van der Waals surface area contributed by atoms with E-state index in [4.69, 9.17) is 14.2 Å². The van der Waals surface area contributed by atoms with Gasteiger partial charge in [0.1, 0.15) is 5.75 Å². The van der Waals surface area contributed by atoms with Crippen molar-refractivity contribution in [1.82, 2.24) is 0 Å². The third-order valence-electron chi connectivity index (χ3n) is 4.35. The monoisotopic (exact) mass is 341 g/mol. The fraction of sp³-hybridized carbons (Fsp3) is 0.350. The summed E-state index contributed by atoms with van der Waals surface area (Å²) in [6, 6.07) is 11.7. The van der Waals surface area contributed by atoms with Crippen LogP contribution in [-0.4, -0.2) is 26.7 Å². The largest absolute Gasteiger partial charge is 0.494 e. The molecule has 25 heavy (non-hydrogen) atoms. The van der Waals surface area contributed by atoms with Crippen LogP contribution in [0.5, 0.6) is 17.2 Å². The molecule has 0 unspecified atom stereocenters. The van der Waals surface area contributed by atoms with Crippen molar-refractivity contribution in [2.45, 2.75) is 25.7 Å². The third kappa shape index (κ3) is 3.55. The molecular formula is C20H23NO4. The number of hydrogen-bond acceptors (Lipinski definition) is 4. The normalized spacial score (nSPS) is 16.0. The predicted octanol–water partition coefficient (Wildman–Crippen LogP) is 3.97. The fourth-order valence-electron chi connectivity index (χ4n) is 3.10. The summed E-state index contributed by atoms with van der Waals surface area (Å²) in [5.41, 5.74) is 2.87. The van der Waals surface area contributed by atoms with Crippen molar-refractivity contribution >= 4 is 11.6 Å². The summed E-state index contributed by atoms with van der Waals surface area (Å²) in [7, 11) is 3.20. The Morgan fingerprint density at radius 2 is 1.76 bits per heavy atom. The zero-order valence-corrected chi connectivity index (χ0v) is 14.8. The molecule has 0 aromatic heterocycles. The van der Waals surface area contributed by atoms with Crippen molar-refractivity contribution < 1.29 is 19.0 Å². The van der Waals surface area contributed by atoms with Gasteiger partial charge in [-0.25, -0.2) is 0 Å². The van der Waals surface area contributed by atoms with Gasteiger partial charge in [0.25, 0.3) is 0 Å². The van der Waals surface area contributed by atoms with Crippen LogP contribution in [0.2, 0.25) is 0 Å². The number of fused-ring (bicyclic) bond motifs is 1. The molecule has 0 bridgehead atoms. The van der Waals surface area contributed by atoms with Crippen LogP contribution in [0.3, 0.4) is 0 Å². The van der Waals surface area contributed by atoms with Gasteiger partial charge in [-0.2, -0.15) is 0 Å². The number of carbonyl (C=O) groups is 1. The van der Waals surface area contributed by atoms with Crippen LogP contribution in [0.15, 0.2) is 36.4 Å². The van der Waals surface area contributed by atoms with E-state index < -0.39 is 0 Å². The number of rotatable bonds is 6. The minimum Gasteiger partial charge on any atom is -0.494 e. The fourth-order valence-corrected chi connectivity index (χ4v) is 3.10. The summed E-state index contributed by atoms with van der Waals surface area (Å²) in [6.45, 7) is 2.78. The predicted molar refractivity (Wildman–Crippen MR) is 96.9 cm³/mol. The smallest absolute Gasteiger partial charge is 0.225 e. The molecule has 0 aliphatic carbocycles. The lowest BCUT2D eigenvalue weighted by molar-refractivity contribution is -0.116. The molecule has 132 valence electrons. The highest BCUT2D eigenvalue weighted by molar-refractivity contribution is 5.96. The van der Waals surface area contributed by atoms with E-state index in [2.05, 4.69) is 12.2 Å². The highest BCUT2D eigenvalue weighted by Gasteiger charge is 2.28. The minimum absolute atomic E-state index is 0.00368. The molecule has 1 aliphatic heterocycles. The maximum Gasteiger partial charge on any atom is 0.225 e. The van der Waals surface area contributed by atoms with Gasteiger partial charge in [0.05, 0.1) is 20.8 Å².